The fourth-order valence-electron chi connectivity index (χ4n) is 1.56. The molecule has 0 aliphatic heterocycles. The quantitative estimate of drug-likeness (QED) is 0.933. The first kappa shape index (κ1) is 13.5. The number of benzene rings is 1. The van der Waals surface area contributed by atoms with Gasteiger partial charge in [0.15, 0.2) is 4.88 Å². The lowest BCUT2D eigenvalue weighted by molar-refractivity contribution is 0.0697. The first-order valence-electron chi connectivity index (χ1n) is 5.38. The minimum absolute atomic E-state index is 0.0418. The van der Waals surface area contributed by atoms with Crippen LogP contribution in [0.15, 0.2) is 24.3 Å². The molecule has 100 valence electrons. The summed E-state index contributed by atoms with van der Waals surface area (Å²) < 4.78 is 31.6. The van der Waals surface area contributed by atoms with E-state index in [-0.39, 0.29) is 22.8 Å². The van der Waals surface area contributed by atoms with E-state index in [0.29, 0.717) is 0 Å². The molecule has 1 N–H and O–H groups in total. The van der Waals surface area contributed by atoms with Crippen LogP contribution in [-0.2, 0) is 6.61 Å². The SMILES string of the molecule is Cc1cc(OCc2cc(F)ccc2F)c(C(=O)O)s1. The largest absolute Gasteiger partial charge is 0.487 e. The zero-order valence-electron chi connectivity index (χ0n) is 9.94. The van der Waals surface area contributed by atoms with Gasteiger partial charge in [0.1, 0.15) is 24.0 Å². The standard InChI is InChI=1S/C13H10F2O3S/c1-7-4-11(12(19-7)13(16)17)18-6-8-5-9(14)2-3-10(8)15/h2-5H,6H2,1H3,(H,16,17). The molecule has 0 fully saturated rings. The molecule has 1 aromatic heterocycles. The molecule has 0 radical (unpaired) electrons. The molecular formula is C13H10F2O3S. The van der Waals surface area contributed by atoms with E-state index >= 15 is 0 Å². The van der Waals surface area contributed by atoms with Gasteiger partial charge in [-0.2, -0.15) is 0 Å². The highest BCUT2D eigenvalue weighted by Crippen LogP contribution is 2.29. The van der Waals surface area contributed by atoms with E-state index in [1.165, 1.54) is 0 Å². The van der Waals surface area contributed by atoms with Gasteiger partial charge in [-0.3, -0.25) is 0 Å². The molecule has 0 bridgehead atoms. The maximum absolute atomic E-state index is 13.4. The maximum Gasteiger partial charge on any atom is 0.349 e. The number of carboxylic acid groups (broad SMARTS) is 1. The van der Waals surface area contributed by atoms with E-state index in [1.54, 1.807) is 13.0 Å². The van der Waals surface area contributed by atoms with Crippen LogP contribution >= 0.6 is 11.3 Å². The summed E-state index contributed by atoms with van der Waals surface area (Å²) in [6.45, 7) is 1.52. The summed E-state index contributed by atoms with van der Waals surface area (Å²) in [4.78, 5) is 11.8. The van der Waals surface area contributed by atoms with Gasteiger partial charge in [0.05, 0.1) is 0 Å². The average Bonchev–Trinajstić information content (AvgIpc) is 2.72. The summed E-state index contributed by atoms with van der Waals surface area (Å²) in [7, 11) is 0. The minimum atomic E-state index is -1.10. The number of hydrogen-bond acceptors (Lipinski definition) is 3. The number of hydrogen-bond donors (Lipinski definition) is 1. The highest BCUT2D eigenvalue weighted by atomic mass is 32.1. The van der Waals surface area contributed by atoms with E-state index in [2.05, 4.69) is 0 Å². The van der Waals surface area contributed by atoms with Crippen LogP contribution < -0.4 is 4.74 Å². The van der Waals surface area contributed by atoms with Gasteiger partial charge in [-0.15, -0.1) is 11.3 Å². The van der Waals surface area contributed by atoms with Gasteiger partial charge in [-0.05, 0) is 31.2 Å². The number of ether oxygens (including phenoxy) is 1. The summed E-state index contributed by atoms with van der Waals surface area (Å²) in [5.74, 6) is -2.10. The van der Waals surface area contributed by atoms with Crippen molar-refractivity contribution in [2.24, 2.45) is 0 Å². The van der Waals surface area contributed by atoms with Crippen molar-refractivity contribution < 1.29 is 23.4 Å². The third-order valence-electron chi connectivity index (χ3n) is 2.41. The number of aryl methyl sites for hydroxylation is 1. The van der Waals surface area contributed by atoms with Crippen molar-refractivity contribution in [1.82, 2.24) is 0 Å². The zero-order valence-corrected chi connectivity index (χ0v) is 10.8. The molecule has 0 spiro atoms. The first-order valence-corrected chi connectivity index (χ1v) is 6.19. The fourth-order valence-corrected chi connectivity index (χ4v) is 2.35. The van der Waals surface area contributed by atoms with Gasteiger partial charge in [0.2, 0.25) is 0 Å². The number of rotatable bonds is 4. The molecule has 2 rings (SSSR count). The Kier molecular flexibility index (Phi) is 3.80. The van der Waals surface area contributed by atoms with Crippen LogP contribution in [0.1, 0.15) is 20.1 Å². The molecule has 0 atom stereocenters. The van der Waals surface area contributed by atoms with Gasteiger partial charge < -0.3 is 9.84 Å². The summed E-state index contributed by atoms with van der Waals surface area (Å²) >= 11 is 1.07. The Balaban J connectivity index is 2.19. The van der Waals surface area contributed by atoms with Crippen LogP contribution in [0, 0.1) is 18.6 Å². The average molecular weight is 284 g/mol. The van der Waals surface area contributed by atoms with Gasteiger partial charge >= 0.3 is 5.97 Å². The molecule has 0 unspecified atom stereocenters. The van der Waals surface area contributed by atoms with Crippen molar-refractivity contribution in [2.45, 2.75) is 13.5 Å². The zero-order chi connectivity index (χ0) is 14.0. The summed E-state index contributed by atoms with van der Waals surface area (Å²) in [5, 5.41) is 8.97. The van der Waals surface area contributed by atoms with E-state index < -0.39 is 17.6 Å². The van der Waals surface area contributed by atoms with E-state index in [4.69, 9.17) is 9.84 Å². The van der Waals surface area contributed by atoms with E-state index in [0.717, 1.165) is 34.4 Å². The summed E-state index contributed by atoms with van der Waals surface area (Å²) in [6.07, 6.45) is 0. The number of aromatic carboxylic acids is 1. The molecular weight excluding hydrogens is 274 g/mol. The molecule has 19 heavy (non-hydrogen) atoms. The number of thiophene rings is 1. The molecule has 1 heterocycles. The summed E-state index contributed by atoms with van der Waals surface area (Å²) in [5.41, 5.74) is 0.0418. The molecule has 1 aromatic carbocycles. The minimum Gasteiger partial charge on any atom is -0.487 e. The van der Waals surface area contributed by atoms with E-state index in [1.807, 2.05) is 0 Å². The Morgan fingerprint density at radius 3 is 2.79 bits per heavy atom. The smallest absolute Gasteiger partial charge is 0.349 e. The van der Waals surface area contributed by atoms with Crippen molar-refractivity contribution in [3.8, 4) is 5.75 Å². The van der Waals surface area contributed by atoms with Crippen LogP contribution in [-0.4, -0.2) is 11.1 Å². The molecule has 0 aliphatic carbocycles. The third-order valence-corrected chi connectivity index (χ3v) is 3.43. The van der Waals surface area contributed by atoms with Crippen LogP contribution in [0.4, 0.5) is 8.78 Å². The number of carbonyl (C=O) groups is 1. The van der Waals surface area contributed by atoms with Crippen LogP contribution in [0.3, 0.4) is 0 Å². The molecule has 6 heteroatoms. The van der Waals surface area contributed by atoms with Crippen molar-refractivity contribution in [3.05, 3.63) is 51.2 Å². The molecule has 0 aliphatic rings. The lowest BCUT2D eigenvalue weighted by atomic mass is 10.2. The maximum atomic E-state index is 13.4. The second-order valence-corrected chi connectivity index (χ2v) is 5.14. The van der Waals surface area contributed by atoms with Gasteiger partial charge in [0, 0.05) is 10.4 Å². The first-order chi connectivity index (χ1) is 8.97. The molecule has 0 amide bonds. The lowest BCUT2D eigenvalue weighted by Gasteiger charge is -2.06. The normalized spacial score (nSPS) is 10.5. The van der Waals surface area contributed by atoms with Crippen LogP contribution in [0.5, 0.6) is 5.75 Å². The third kappa shape index (κ3) is 3.08. The highest BCUT2D eigenvalue weighted by Gasteiger charge is 2.16. The molecule has 3 nitrogen and oxygen atoms in total. The van der Waals surface area contributed by atoms with Crippen molar-refractivity contribution in [1.29, 1.82) is 0 Å². The second kappa shape index (κ2) is 5.36. The van der Waals surface area contributed by atoms with Gasteiger partial charge in [0.25, 0.3) is 0 Å². The second-order valence-electron chi connectivity index (χ2n) is 3.88. The number of halogens is 2. The van der Waals surface area contributed by atoms with Crippen molar-refractivity contribution in [2.75, 3.05) is 0 Å². The Morgan fingerprint density at radius 1 is 1.37 bits per heavy atom. The van der Waals surface area contributed by atoms with Gasteiger partial charge in [-0.25, -0.2) is 13.6 Å². The highest BCUT2D eigenvalue weighted by molar-refractivity contribution is 7.14. The Bertz CT molecular complexity index is 622. The predicted molar refractivity (Wildman–Crippen MR) is 66.7 cm³/mol. The molecule has 0 saturated heterocycles. The Hall–Kier alpha value is -1.95. The van der Waals surface area contributed by atoms with Crippen molar-refractivity contribution >= 4 is 17.3 Å². The predicted octanol–water partition coefficient (Wildman–Crippen LogP) is 3.61. The topological polar surface area (TPSA) is 46.5 Å². The summed E-state index contributed by atoms with van der Waals surface area (Å²) in [6, 6.07) is 4.60. The Morgan fingerprint density at radius 2 is 2.11 bits per heavy atom. The Labute approximate surface area is 112 Å². The lowest BCUT2D eigenvalue weighted by Crippen LogP contribution is -2.02. The van der Waals surface area contributed by atoms with E-state index in [9.17, 15) is 13.6 Å². The number of carboxylic acids is 1. The van der Waals surface area contributed by atoms with Crippen LogP contribution in [0.2, 0.25) is 0 Å². The van der Waals surface area contributed by atoms with Gasteiger partial charge in [-0.1, -0.05) is 0 Å². The van der Waals surface area contributed by atoms with Crippen molar-refractivity contribution in [3.63, 3.8) is 0 Å². The fraction of sp³-hybridized carbons (Fsp3) is 0.154. The molecule has 0 saturated carbocycles. The van der Waals surface area contributed by atoms with Crippen LogP contribution in [0.25, 0.3) is 0 Å². The monoisotopic (exact) mass is 284 g/mol. The molecule has 2 aromatic rings.